The van der Waals surface area contributed by atoms with E-state index in [1.165, 1.54) is 0 Å². The van der Waals surface area contributed by atoms with Crippen molar-refractivity contribution >= 4 is 21.9 Å². The predicted octanol–water partition coefficient (Wildman–Crippen LogP) is 4.62. The van der Waals surface area contributed by atoms with E-state index in [0.29, 0.717) is 23.8 Å². The van der Waals surface area contributed by atoms with Gasteiger partial charge >= 0.3 is 0 Å². The Labute approximate surface area is 164 Å². The van der Waals surface area contributed by atoms with Crippen molar-refractivity contribution in [2.45, 2.75) is 40.3 Å². The Bertz CT molecular complexity index is 1120. The average molecular weight is 375 g/mol. The summed E-state index contributed by atoms with van der Waals surface area (Å²) in [6.07, 6.45) is 2.41. The molecule has 0 radical (unpaired) electrons. The lowest BCUT2D eigenvalue weighted by Gasteiger charge is -2.13. The van der Waals surface area contributed by atoms with Gasteiger partial charge in [-0.1, -0.05) is 51.1 Å². The number of aryl methyl sites for hydroxylation is 1. The molecule has 0 amide bonds. The molecule has 2 heterocycles. The smallest absolute Gasteiger partial charge is 0.229 e. The molecular formula is C23H25N3O2. The SMILES string of the molecule is CCc1nc2c[n+]([O-])c3cc(OCc4ccccc4)ccc3c2n1CC(C)C. The molecule has 28 heavy (non-hydrogen) atoms. The molecule has 0 fully saturated rings. The number of nitrogens with zero attached hydrogens (tertiary/aromatic N) is 3. The van der Waals surface area contributed by atoms with Gasteiger partial charge in [-0.05, 0) is 23.6 Å². The molecule has 5 heteroatoms. The van der Waals surface area contributed by atoms with E-state index >= 15 is 0 Å². The number of hydrogen-bond acceptors (Lipinski definition) is 3. The van der Waals surface area contributed by atoms with Gasteiger partial charge in [0.15, 0.2) is 5.52 Å². The zero-order valence-electron chi connectivity index (χ0n) is 16.6. The van der Waals surface area contributed by atoms with E-state index in [-0.39, 0.29) is 0 Å². The van der Waals surface area contributed by atoms with E-state index in [1.54, 1.807) is 6.20 Å². The van der Waals surface area contributed by atoms with Crippen LogP contribution < -0.4 is 9.47 Å². The van der Waals surface area contributed by atoms with E-state index in [2.05, 4.69) is 25.3 Å². The summed E-state index contributed by atoms with van der Waals surface area (Å²) in [6, 6.07) is 15.7. The molecule has 0 N–H and O–H groups in total. The van der Waals surface area contributed by atoms with Gasteiger partial charge in [0.05, 0.1) is 17.0 Å². The summed E-state index contributed by atoms with van der Waals surface area (Å²) >= 11 is 0. The maximum absolute atomic E-state index is 12.7. The van der Waals surface area contributed by atoms with Crippen LogP contribution in [0.2, 0.25) is 0 Å². The van der Waals surface area contributed by atoms with Crippen LogP contribution in [-0.2, 0) is 19.6 Å². The first kappa shape index (κ1) is 18.3. The van der Waals surface area contributed by atoms with Crippen molar-refractivity contribution in [2.24, 2.45) is 5.92 Å². The van der Waals surface area contributed by atoms with Crippen LogP contribution in [0.15, 0.2) is 54.7 Å². The van der Waals surface area contributed by atoms with Crippen LogP contribution >= 0.6 is 0 Å². The van der Waals surface area contributed by atoms with Crippen LogP contribution in [0.1, 0.15) is 32.2 Å². The quantitative estimate of drug-likeness (QED) is 0.365. The number of rotatable bonds is 6. The third-order valence-corrected chi connectivity index (χ3v) is 4.89. The Kier molecular flexibility index (Phi) is 4.90. The molecule has 5 nitrogen and oxygen atoms in total. The van der Waals surface area contributed by atoms with Gasteiger partial charge in [-0.2, -0.15) is 4.73 Å². The van der Waals surface area contributed by atoms with E-state index in [0.717, 1.165) is 45.5 Å². The second-order valence-corrected chi connectivity index (χ2v) is 7.53. The van der Waals surface area contributed by atoms with Gasteiger partial charge in [0.1, 0.15) is 18.2 Å². The van der Waals surface area contributed by atoms with Gasteiger partial charge in [-0.25, -0.2) is 4.98 Å². The number of imidazole rings is 1. The highest BCUT2D eigenvalue weighted by Crippen LogP contribution is 2.28. The molecule has 0 bridgehead atoms. The number of hydrogen-bond donors (Lipinski definition) is 0. The highest BCUT2D eigenvalue weighted by molar-refractivity contribution is 6.01. The van der Waals surface area contributed by atoms with Crippen molar-refractivity contribution in [3.05, 3.63) is 71.3 Å². The topological polar surface area (TPSA) is 54.0 Å². The third kappa shape index (κ3) is 3.40. The summed E-state index contributed by atoms with van der Waals surface area (Å²) in [6.45, 7) is 7.84. The van der Waals surface area contributed by atoms with Gasteiger partial charge in [0.2, 0.25) is 11.7 Å². The fourth-order valence-electron chi connectivity index (χ4n) is 3.63. The third-order valence-electron chi connectivity index (χ3n) is 4.89. The molecule has 0 atom stereocenters. The summed E-state index contributed by atoms with van der Waals surface area (Å²) in [4.78, 5) is 4.70. The van der Waals surface area contributed by atoms with Gasteiger partial charge in [-0.3, -0.25) is 0 Å². The highest BCUT2D eigenvalue weighted by atomic mass is 16.5. The maximum atomic E-state index is 12.7. The Balaban J connectivity index is 1.78. The van der Waals surface area contributed by atoms with Crippen molar-refractivity contribution in [3.63, 3.8) is 0 Å². The fourth-order valence-corrected chi connectivity index (χ4v) is 3.63. The molecule has 0 saturated heterocycles. The second-order valence-electron chi connectivity index (χ2n) is 7.53. The van der Waals surface area contributed by atoms with E-state index in [9.17, 15) is 5.21 Å². The lowest BCUT2D eigenvalue weighted by atomic mass is 10.1. The Morgan fingerprint density at radius 2 is 1.93 bits per heavy atom. The van der Waals surface area contributed by atoms with Crippen molar-refractivity contribution in [1.82, 2.24) is 9.55 Å². The first-order valence-electron chi connectivity index (χ1n) is 9.78. The Hall–Kier alpha value is -3.08. The van der Waals surface area contributed by atoms with Crippen LogP contribution in [-0.4, -0.2) is 9.55 Å². The van der Waals surface area contributed by atoms with Gasteiger partial charge < -0.3 is 14.5 Å². The molecule has 4 rings (SSSR count). The van der Waals surface area contributed by atoms with Crippen molar-refractivity contribution in [1.29, 1.82) is 0 Å². The number of benzene rings is 2. The molecule has 0 unspecified atom stereocenters. The maximum Gasteiger partial charge on any atom is 0.229 e. The lowest BCUT2D eigenvalue weighted by molar-refractivity contribution is -0.575. The second kappa shape index (κ2) is 7.50. The van der Waals surface area contributed by atoms with E-state index in [4.69, 9.17) is 9.72 Å². The highest BCUT2D eigenvalue weighted by Gasteiger charge is 2.19. The average Bonchev–Trinajstić information content (AvgIpc) is 3.04. The molecule has 2 aromatic carbocycles. The monoisotopic (exact) mass is 375 g/mol. The molecular weight excluding hydrogens is 350 g/mol. The largest absolute Gasteiger partial charge is 0.618 e. The van der Waals surface area contributed by atoms with E-state index < -0.39 is 0 Å². The minimum absolute atomic E-state index is 0.471. The summed E-state index contributed by atoms with van der Waals surface area (Å²) in [5.41, 5.74) is 3.47. The fraction of sp³-hybridized carbons (Fsp3) is 0.304. The normalized spacial score (nSPS) is 11.6. The summed E-state index contributed by atoms with van der Waals surface area (Å²) in [5.74, 6) is 2.19. The number of ether oxygens (including phenoxy) is 1. The van der Waals surface area contributed by atoms with Gasteiger partial charge in [-0.15, -0.1) is 0 Å². The van der Waals surface area contributed by atoms with Crippen LogP contribution in [0.3, 0.4) is 0 Å². The molecule has 0 saturated carbocycles. The van der Waals surface area contributed by atoms with Crippen LogP contribution in [0.25, 0.3) is 21.9 Å². The first-order valence-corrected chi connectivity index (χ1v) is 9.78. The summed E-state index contributed by atoms with van der Waals surface area (Å²) in [7, 11) is 0. The summed E-state index contributed by atoms with van der Waals surface area (Å²) < 4.78 is 9.07. The number of fused-ring (bicyclic) bond motifs is 3. The zero-order chi connectivity index (χ0) is 19.7. The van der Waals surface area contributed by atoms with Crippen LogP contribution in [0.5, 0.6) is 5.75 Å². The molecule has 0 aliphatic carbocycles. The number of pyridine rings is 1. The lowest BCUT2D eigenvalue weighted by Crippen LogP contribution is -2.26. The molecule has 0 aliphatic rings. The van der Waals surface area contributed by atoms with Gasteiger partial charge in [0.25, 0.3) is 0 Å². The Morgan fingerprint density at radius 3 is 2.64 bits per heavy atom. The predicted molar refractivity (Wildman–Crippen MR) is 111 cm³/mol. The van der Waals surface area contributed by atoms with Crippen molar-refractivity contribution < 1.29 is 9.47 Å². The molecule has 4 aromatic rings. The molecule has 144 valence electrons. The van der Waals surface area contributed by atoms with Crippen molar-refractivity contribution in [3.8, 4) is 5.75 Å². The standard InChI is InChI=1S/C23H25N3O2/c1-4-22-24-20-14-26(27)21-12-18(28-15-17-8-6-5-7-9-17)10-11-19(21)23(20)25(22)13-16(2)3/h5-12,14,16H,4,13,15H2,1-3H3. The van der Waals surface area contributed by atoms with Gasteiger partial charge in [0, 0.05) is 13.0 Å². The van der Waals surface area contributed by atoms with Crippen LogP contribution in [0.4, 0.5) is 0 Å². The zero-order valence-corrected chi connectivity index (χ0v) is 16.6. The molecule has 2 aromatic heterocycles. The molecule has 0 spiro atoms. The summed E-state index contributed by atoms with van der Waals surface area (Å²) in [5, 5.41) is 13.6. The minimum Gasteiger partial charge on any atom is -0.618 e. The Morgan fingerprint density at radius 1 is 1.14 bits per heavy atom. The van der Waals surface area contributed by atoms with E-state index in [1.807, 2.05) is 48.5 Å². The molecule has 0 aliphatic heterocycles. The first-order chi connectivity index (χ1) is 13.6. The van der Waals surface area contributed by atoms with Crippen LogP contribution in [0, 0.1) is 11.1 Å². The minimum atomic E-state index is 0.471. The van der Waals surface area contributed by atoms with Crippen molar-refractivity contribution in [2.75, 3.05) is 0 Å². The number of aromatic nitrogens is 3.